The van der Waals surface area contributed by atoms with Gasteiger partial charge in [0.15, 0.2) is 0 Å². The van der Waals surface area contributed by atoms with Crippen LogP contribution in [0.25, 0.3) is 0 Å². The van der Waals surface area contributed by atoms with Gasteiger partial charge < -0.3 is 5.73 Å². The summed E-state index contributed by atoms with van der Waals surface area (Å²) in [6, 6.07) is 10.9. The van der Waals surface area contributed by atoms with E-state index in [2.05, 4.69) is 0 Å². The number of benzene rings is 2. The highest BCUT2D eigenvalue weighted by molar-refractivity contribution is 7.81. The second kappa shape index (κ2) is 5.65. The predicted molar refractivity (Wildman–Crippen MR) is 77.2 cm³/mol. The van der Waals surface area contributed by atoms with Gasteiger partial charge in [-0.15, -0.1) is 0 Å². The smallest absolute Gasteiger partial charge is 0.366 e. The van der Waals surface area contributed by atoms with Crippen molar-refractivity contribution in [3.63, 3.8) is 0 Å². The highest BCUT2D eigenvalue weighted by Gasteiger charge is 2.30. The lowest BCUT2D eigenvalue weighted by molar-refractivity contribution is -0.137. The van der Waals surface area contributed by atoms with Gasteiger partial charge in [0.1, 0.15) is 0 Å². The average molecular weight is 309 g/mol. The molecule has 0 saturated heterocycles. The normalized spacial score (nSPS) is 11.2. The molecule has 0 spiro atoms. The number of carbonyl (C=O) groups is 1. The maximum absolute atomic E-state index is 12.5. The molecule has 0 aliphatic rings. The van der Waals surface area contributed by atoms with Crippen molar-refractivity contribution in [3.8, 4) is 0 Å². The Labute approximate surface area is 124 Å². The van der Waals surface area contributed by atoms with Crippen LogP contribution in [0.3, 0.4) is 0 Å². The molecular weight excluding hydrogens is 299 g/mol. The first-order chi connectivity index (χ1) is 9.80. The Morgan fingerprint density at radius 1 is 0.952 bits per heavy atom. The van der Waals surface area contributed by atoms with Crippen LogP contribution >= 0.6 is 12.2 Å². The van der Waals surface area contributed by atoms with E-state index in [9.17, 15) is 18.0 Å². The number of alkyl halides is 3. The molecule has 2 aromatic carbocycles. The maximum Gasteiger partial charge on any atom is 0.416 e. The van der Waals surface area contributed by atoms with Crippen LogP contribution in [-0.2, 0) is 6.18 Å². The van der Waals surface area contributed by atoms with Crippen molar-refractivity contribution in [2.45, 2.75) is 6.18 Å². The molecule has 0 saturated carbocycles. The van der Waals surface area contributed by atoms with Gasteiger partial charge in [-0.25, -0.2) is 0 Å². The van der Waals surface area contributed by atoms with Gasteiger partial charge >= 0.3 is 6.18 Å². The fraction of sp³-hybridized carbons (Fsp3) is 0.0667. The van der Waals surface area contributed by atoms with E-state index >= 15 is 0 Å². The first-order valence-corrected chi connectivity index (χ1v) is 6.32. The monoisotopic (exact) mass is 309 g/mol. The Bertz CT molecular complexity index is 693. The van der Waals surface area contributed by atoms with Crippen molar-refractivity contribution < 1.29 is 18.0 Å². The van der Waals surface area contributed by atoms with Crippen molar-refractivity contribution in [1.29, 1.82) is 0 Å². The van der Waals surface area contributed by atoms with Gasteiger partial charge in [-0.1, -0.05) is 42.5 Å². The molecule has 0 radical (unpaired) electrons. The Morgan fingerprint density at radius 3 is 1.95 bits per heavy atom. The van der Waals surface area contributed by atoms with Gasteiger partial charge in [0.25, 0.3) is 0 Å². The van der Waals surface area contributed by atoms with E-state index in [1.54, 1.807) is 18.2 Å². The average Bonchev–Trinajstić information content (AvgIpc) is 2.45. The van der Waals surface area contributed by atoms with Gasteiger partial charge in [-0.2, -0.15) is 13.2 Å². The lowest BCUT2D eigenvalue weighted by atomic mass is 9.98. The van der Waals surface area contributed by atoms with Crippen LogP contribution in [0, 0.1) is 0 Å². The molecule has 108 valence electrons. The number of amides is 1. The van der Waals surface area contributed by atoms with Gasteiger partial charge in [-0.05, 0) is 23.8 Å². The van der Waals surface area contributed by atoms with Gasteiger partial charge in [0, 0.05) is 11.1 Å². The zero-order chi connectivity index (χ0) is 15.6. The molecular formula is C15H10F3NOS. The van der Waals surface area contributed by atoms with Crippen LogP contribution in [0.15, 0.2) is 48.5 Å². The first-order valence-electron chi connectivity index (χ1n) is 5.91. The molecule has 0 fully saturated rings. The van der Waals surface area contributed by atoms with Crippen molar-refractivity contribution >= 4 is 23.0 Å². The second-order valence-electron chi connectivity index (χ2n) is 4.31. The van der Waals surface area contributed by atoms with Crippen molar-refractivity contribution in [2.75, 3.05) is 0 Å². The highest BCUT2D eigenvalue weighted by Crippen LogP contribution is 2.29. The summed E-state index contributed by atoms with van der Waals surface area (Å²) in [6.45, 7) is 0. The first kappa shape index (κ1) is 15.2. The lowest BCUT2D eigenvalue weighted by Crippen LogP contribution is -2.16. The van der Waals surface area contributed by atoms with Gasteiger partial charge in [0.05, 0.1) is 10.4 Å². The number of primary amides is 1. The minimum Gasteiger partial charge on any atom is -0.366 e. The van der Waals surface area contributed by atoms with Crippen molar-refractivity contribution in [2.24, 2.45) is 5.73 Å². The summed E-state index contributed by atoms with van der Waals surface area (Å²) >= 11 is 5.24. The molecule has 2 nitrogen and oxygen atoms in total. The molecule has 0 unspecified atom stereocenters. The number of nitrogens with two attached hydrogens (primary N) is 1. The molecule has 0 heterocycles. The molecule has 0 aliphatic heterocycles. The molecule has 1 amide bonds. The second-order valence-corrected chi connectivity index (χ2v) is 4.72. The van der Waals surface area contributed by atoms with Gasteiger partial charge in [-0.3, -0.25) is 4.79 Å². The topological polar surface area (TPSA) is 43.1 Å². The molecule has 2 aromatic rings. The Balaban J connectivity index is 2.40. The fourth-order valence-corrected chi connectivity index (χ4v) is 2.18. The van der Waals surface area contributed by atoms with E-state index in [4.69, 9.17) is 18.0 Å². The highest BCUT2D eigenvalue weighted by atomic mass is 32.1. The third-order valence-corrected chi connectivity index (χ3v) is 3.37. The zero-order valence-corrected chi connectivity index (χ0v) is 11.5. The van der Waals surface area contributed by atoms with E-state index in [0.29, 0.717) is 11.1 Å². The summed E-state index contributed by atoms with van der Waals surface area (Å²) in [7, 11) is 0. The summed E-state index contributed by atoms with van der Waals surface area (Å²) in [6.07, 6.45) is -4.40. The molecule has 6 heteroatoms. The summed E-state index contributed by atoms with van der Waals surface area (Å²) in [5, 5.41) is 0. The van der Waals surface area contributed by atoms with E-state index < -0.39 is 17.6 Å². The molecule has 0 aromatic heterocycles. The summed E-state index contributed by atoms with van der Waals surface area (Å²) < 4.78 is 37.6. The zero-order valence-electron chi connectivity index (χ0n) is 10.6. The summed E-state index contributed by atoms with van der Waals surface area (Å²) in [5.74, 6) is -0.639. The quantitative estimate of drug-likeness (QED) is 0.696. The molecule has 2 N–H and O–H groups in total. The molecule has 0 aliphatic carbocycles. The van der Waals surface area contributed by atoms with E-state index in [-0.39, 0.29) is 10.4 Å². The molecule has 0 atom stereocenters. The minimum absolute atomic E-state index is 0.238. The van der Waals surface area contributed by atoms with Crippen LogP contribution in [0.1, 0.15) is 27.0 Å². The lowest BCUT2D eigenvalue weighted by Gasteiger charge is -2.10. The van der Waals surface area contributed by atoms with E-state index in [1.165, 1.54) is 18.2 Å². The van der Waals surface area contributed by atoms with E-state index in [1.807, 2.05) is 0 Å². The van der Waals surface area contributed by atoms with Crippen LogP contribution < -0.4 is 5.73 Å². The number of carbonyl (C=O) groups excluding carboxylic acids is 1. The third kappa shape index (κ3) is 3.28. The van der Waals surface area contributed by atoms with Crippen LogP contribution in [0.4, 0.5) is 13.2 Å². The van der Waals surface area contributed by atoms with Crippen LogP contribution in [0.5, 0.6) is 0 Å². The predicted octanol–water partition coefficient (Wildman–Crippen LogP) is 3.57. The summed E-state index contributed by atoms with van der Waals surface area (Å²) in [5.41, 5.74) is 5.60. The number of hydrogen-bond donors (Lipinski definition) is 1. The molecule has 0 bridgehead atoms. The summed E-state index contributed by atoms with van der Waals surface area (Å²) in [4.78, 5) is 11.6. The Kier molecular flexibility index (Phi) is 4.09. The largest absolute Gasteiger partial charge is 0.416 e. The Morgan fingerprint density at radius 2 is 1.48 bits per heavy atom. The number of rotatable bonds is 3. The molecule has 21 heavy (non-hydrogen) atoms. The number of hydrogen-bond acceptors (Lipinski definition) is 2. The SMILES string of the molecule is NC(=O)c1ccccc1C(=S)c1ccc(C(F)(F)F)cc1. The molecule has 2 rings (SSSR count). The van der Waals surface area contributed by atoms with Crippen molar-refractivity contribution in [1.82, 2.24) is 0 Å². The standard InChI is InChI=1S/C15H10F3NOS/c16-15(17,18)10-7-5-9(6-8-10)13(21)11-3-1-2-4-12(11)14(19)20/h1-8H,(H2,19,20). The van der Waals surface area contributed by atoms with Crippen LogP contribution in [-0.4, -0.2) is 10.8 Å². The third-order valence-electron chi connectivity index (χ3n) is 2.91. The van der Waals surface area contributed by atoms with Crippen LogP contribution in [0.2, 0.25) is 0 Å². The number of halogens is 3. The van der Waals surface area contributed by atoms with E-state index in [0.717, 1.165) is 12.1 Å². The fourth-order valence-electron chi connectivity index (χ4n) is 1.86. The Hall–Kier alpha value is -2.21. The minimum atomic E-state index is -4.40. The van der Waals surface area contributed by atoms with Crippen molar-refractivity contribution in [3.05, 3.63) is 70.8 Å². The maximum atomic E-state index is 12.5. The van der Waals surface area contributed by atoms with Gasteiger partial charge in [0.2, 0.25) is 5.91 Å². The number of thiocarbonyl (C=S) groups is 1.